The minimum atomic E-state index is 0.106. The molecule has 2 N–H and O–H groups in total. The van der Waals surface area contributed by atoms with Crippen molar-refractivity contribution < 1.29 is 4.79 Å². The highest BCUT2D eigenvalue weighted by Crippen LogP contribution is 2.22. The maximum Gasteiger partial charge on any atom is 0.221 e. The Balaban J connectivity index is 1.63. The quantitative estimate of drug-likeness (QED) is 0.881. The predicted octanol–water partition coefficient (Wildman–Crippen LogP) is 2.47. The molecular formula is C14H15BrN4O. The summed E-state index contributed by atoms with van der Waals surface area (Å²) in [4.78, 5) is 20.3. The number of carbonyl (C=O) groups is 1. The van der Waals surface area contributed by atoms with Crippen molar-refractivity contribution >= 4 is 38.6 Å². The number of hydrogen-bond donors (Lipinski definition) is 2. The molecule has 104 valence electrons. The molecule has 0 bridgehead atoms. The van der Waals surface area contributed by atoms with Gasteiger partial charge in [0.05, 0.1) is 11.2 Å². The minimum Gasteiger partial charge on any atom is -0.383 e. The van der Waals surface area contributed by atoms with E-state index in [4.69, 9.17) is 0 Å². The average Bonchev–Trinajstić information content (AvgIpc) is 3.22. The molecule has 0 spiro atoms. The first-order chi connectivity index (χ1) is 9.72. The molecule has 1 fully saturated rings. The Kier molecular flexibility index (Phi) is 3.82. The second kappa shape index (κ2) is 5.75. The van der Waals surface area contributed by atoms with Crippen molar-refractivity contribution in [2.45, 2.75) is 25.3 Å². The van der Waals surface area contributed by atoms with Crippen LogP contribution in [0.4, 0.5) is 5.69 Å². The number of nitrogens with zero attached hydrogens (tertiary/aromatic N) is 2. The van der Waals surface area contributed by atoms with Gasteiger partial charge in [0.1, 0.15) is 5.52 Å². The molecule has 0 unspecified atom stereocenters. The van der Waals surface area contributed by atoms with E-state index in [1.54, 1.807) is 12.4 Å². The summed E-state index contributed by atoms with van der Waals surface area (Å²) in [6.07, 6.45) is 6.19. The fraction of sp³-hybridized carbons (Fsp3) is 0.357. The zero-order chi connectivity index (χ0) is 13.9. The molecule has 20 heavy (non-hydrogen) atoms. The lowest BCUT2D eigenvalue weighted by molar-refractivity contribution is -0.120. The Morgan fingerprint density at radius 1 is 1.40 bits per heavy atom. The minimum absolute atomic E-state index is 0.106. The van der Waals surface area contributed by atoms with Crippen LogP contribution in [-0.4, -0.2) is 28.5 Å². The van der Waals surface area contributed by atoms with Crippen LogP contribution in [0.25, 0.3) is 11.0 Å². The molecule has 0 saturated heterocycles. The smallest absolute Gasteiger partial charge is 0.221 e. The Morgan fingerprint density at radius 2 is 2.25 bits per heavy atom. The zero-order valence-electron chi connectivity index (χ0n) is 10.9. The molecule has 3 rings (SSSR count). The van der Waals surface area contributed by atoms with E-state index in [1.807, 2.05) is 12.1 Å². The lowest BCUT2D eigenvalue weighted by atomic mass is 10.2. The van der Waals surface area contributed by atoms with Crippen molar-refractivity contribution in [2.24, 2.45) is 0 Å². The Morgan fingerprint density at radius 3 is 3.05 bits per heavy atom. The van der Waals surface area contributed by atoms with Crippen LogP contribution in [0.1, 0.15) is 19.3 Å². The summed E-state index contributed by atoms with van der Waals surface area (Å²) < 4.78 is 0.901. The van der Waals surface area contributed by atoms with E-state index in [0.29, 0.717) is 19.0 Å². The summed E-state index contributed by atoms with van der Waals surface area (Å²) in [6.45, 7) is 0.593. The second-order valence-electron chi connectivity index (χ2n) is 4.90. The van der Waals surface area contributed by atoms with Gasteiger partial charge in [-0.2, -0.15) is 0 Å². The number of aromatic nitrogens is 2. The Labute approximate surface area is 125 Å². The fourth-order valence-electron chi connectivity index (χ4n) is 1.99. The van der Waals surface area contributed by atoms with Crippen molar-refractivity contribution in [3.63, 3.8) is 0 Å². The fourth-order valence-corrected chi connectivity index (χ4v) is 2.31. The molecule has 2 aromatic rings. The SMILES string of the molecule is O=C(CCNc1ccnc2cc(Br)cnc12)NC1CC1. The van der Waals surface area contributed by atoms with E-state index in [-0.39, 0.29) is 5.91 Å². The van der Waals surface area contributed by atoms with Gasteiger partial charge in [0.15, 0.2) is 0 Å². The van der Waals surface area contributed by atoms with Crippen molar-refractivity contribution in [1.29, 1.82) is 0 Å². The molecule has 1 aliphatic rings. The number of carbonyl (C=O) groups excluding carboxylic acids is 1. The molecule has 2 aromatic heterocycles. The van der Waals surface area contributed by atoms with Crippen molar-refractivity contribution in [3.05, 3.63) is 29.0 Å². The summed E-state index contributed by atoms with van der Waals surface area (Å²) in [5.74, 6) is 0.106. The van der Waals surface area contributed by atoms with Gasteiger partial charge in [-0.05, 0) is 40.9 Å². The molecule has 0 aliphatic heterocycles. The summed E-state index contributed by atoms with van der Waals surface area (Å²) in [7, 11) is 0. The first-order valence-corrected chi connectivity index (χ1v) is 7.45. The number of nitrogens with one attached hydrogen (secondary N) is 2. The van der Waals surface area contributed by atoms with E-state index >= 15 is 0 Å². The molecule has 0 atom stereocenters. The van der Waals surface area contributed by atoms with Gasteiger partial charge in [0, 0.05) is 35.9 Å². The molecule has 5 nitrogen and oxygen atoms in total. The third kappa shape index (κ3) is 3.25. The lowest BCUT2D eigenvalue weighted by Gasteiger charge is -2.09. The highest BCUT2D eigenvalue weighted by atomic mass is 79.9. The summed E-state index contributed by atoms with van der Waals surface area (Å²) >= 11 is 3.38. The molecule has 1 saturated carbocycles. The van der Waals surface area contributed by atoms with E-state index in [0.717, 1.165) is 34.0 Å². The number of hydrogen-bond acceptors (Lipinski definition) is 4. The summed E-state index contributed by atoms with van der Waals surface area (Å²) in [6, 6.07) is 4.22. The van der Waals surface area contributed by atoms with Crippen molar-refractivity contribution in [1.82, 2.24) is 15.3 Å². The maximum atomic E-state index is 11.6. The lowest BCUT2D eigenvalue weighted by Crippen LogP contribution is -2.27. The van der Waals surface area contributed by atoms with Crippen LogP contribution in [0, 0.1) is 0 Å². The van der Waals surface area contributed by atoms with Gasteiger partial charge >= 0.3 is 0 Å². The van der Waals surface area contributed by atoms with Gasteiger partial charge in [-0.3, -0.25) is 14.8 Å². The van der Waals surface area contributed by atoms with Gasteiger partial charge in [-0.1, -0.05) is 0 Å². The van der Waals surface area contributed by atoms with Crippen LogP contribution < -0.4 is 10.6 Å². The molecule has 6 heteroatoms. The molecule has 1 amide bonds. The van der Waals surface area contributed by atoms with E-state index < -0.39 is 0 Å². The first-order valence-electron chi connectivity index (χ1n) is 6.66. The van der Waals surface area contributed by atoms with Crippen molar-refractivity contribution in [3.8, 4) is 0 Å². The number of fused-ring (bicyclic) bond motifs is 1. The van der Waals surface area contributed by atoms with Gasteiger partial charge in [-0.15, -0.1) is 0 Å². The normalized spacial score (nSPS) is 14.2. The van der Waals surface area contributed by atoms with Gasteiger partial charge < -0.3 is 10.6 Å². The van der Waals surface area contributed by atoms with E-state index in [2.05, 4.69) is 36.5 Å². The van der Waals surface area contributed by atoms with E-state index in [1.165, 1.54) is 0 Å². The molecule has 0 aromatic carbocycles. The average molecular weight is 335 g/mol. The number of pyridine rings is 2. The number of rotatable bonds is 5. The van der Waals surface area contributed by atoms with Gasteiger partial charge in [-0.25, -0.2) is 0 Å². The van der Waals surface area contributed by atoms with Crippen LogP contribution in [0.5, 0.6) is 0 Å². The molecule has 2 heterocycles. The zero-order valence-corrected chi connectivity index (χ0v) is 12.5. The van der Waals surface area contributed by atoms with Crippen molar-refractivity contribution in [2.75, 3.05) is 11.9 Å². The Bertz CT molecular complexity index is 642. The van der Waals surface area contributed by atoms with E-state index in [9.17, 15) is 4.79 Å². The maximum absolute atomic E-state index is 11.6. The largest absolute Gasteiger partial charge is 0.383 e. The summed E-state index contributed by atoms with van der Waals surface area (Å²) in [5.41, 5.74) is 2.55. The van der Waals surface area contributed by atoms with Crippen LogP contribution in [0.15, 0.2) is 29.0 Å². The first kappa shape index (κ1) is 13.3. The standard InChI is InChI=1S/C14H15BrN4O/c15-9-7-12-14(18-8-9)11(3-5-17-12)16-6-4-13(20)19-10-1-2-10/h3,5,7-8,10H,1-2,4,6H2,(H,16,17)(H,19,20). The third-order valence-electron chi connectivity index (χ3n) is 3.15. The van der Waals surface area contributed by atoms with Gasteiger partial charge in [0.2, 0.25) is 5.91 Å². The highest BCUT2D eigenvalue weighted by Gasteiger charge is 2.22. The third-order valence-corrected chi connectivity index (χ3v) is 3.59. The van der Waals surface area contributed by atoms with Crippen LogP contribution >= 0.6 is 15.9 Å². The van der Waals surface area contributed by atoms with Crippen LogP contribution in [0.2, 0.25) is 0 Å². The van der Waals surface area contributed by atoms with Gasteiger partial charge in [0.25, 0.3) is 0 Å². The second-order valence-corrected chi connectivity index (χ2v) is 5.81. The predicted molar refractivity (Wildman–Crippen MR) is 81.5 cm³/mol. The molecular weight excluding hydrogens is 320 g/mol. The molecule has 1 aliphatic carbocycles. The Hall–Kier alpha value is -1.69. The molecule has 0 radical (unpaired) electrons. The highest BCUT2D eigenvalue weighted by molar-refractivity contribution is 9.10. The number of halogens is 1. The van der Waals surface area contributed by atoms with Crippen LogP contribution in [-0.2, 0) is 4.79 Å². The monoisotopic (exact) mass is 334 g/mol. The van der Waals surface area contributed by atoms with Crippen LogP contribution in [0.3, 0.4) is 0 Å². The number of amides is 1. The summed E-state index contributed by atoms with van der Waals surface area (Å²) in [5, 5.41) is 6.22. The number of anilines is 1. The topological polar surface area (TPSA) is 66.9 Å².